The lowest BCUT2D eigenvalue weighted by atomic mass is 10.1. The van der Waals surface area contributed by atoms with E-state index in [9.17, 15) is 0 Å². The molecule has 0 aliphatic carbocycles. The third-order valence-electron chi connectivity index (χ3n) is 2.43. The monoisotopic (exact) mass is 232 g/mol. The van der Waals surface area contributed by atoms with Gasteiger partial charge in [0.15, 0.2) is 0 Å². The molecule has 16 heavy (non-hydrogen) atoms. The zero-order valence-corrected chi connectivity index (χ0v) is 11.1. The fourth-order valence-electron chi connectivity index (χ4n) is 1.59. The topological polar surface area (TPSA) is 38.7 Å². The van der Waals surface area contributed by atoms with E-state index in [1.165, 1.54) is 19.3 Å². The Morgan fingerprint density at radius 3 is 2.38 bits per heavy atom. The lowest BCUT2D eigenvalue weighted by Gasteiger charge is -2.17. The van der Waals surface area contributed by atoms with E-state index in [1.807, 2.05) is 0 Å². The minimum atomic E-state index is -0.383. The van der Waals surface area contributed by atoms with Gasteiger partial charge in [0.1, 0.15) is 0 Å². The summed E-state index contributed by atoms with van der Waals surface area (Å²) in [6.45, 7) is 7.73. The van der Waals surface area contributed by atoms with Crippen LogP contribution in [0.2, 0.25) is 0 Å². The molecule has 1 N–H and O–H groups in total. The molecule has 0 aliphatic rings. The van der Waals surface area contributed by atoms with Crippen molar-refractivity contribution in [3.63, 3.8) is 0 Å². The molecular weight excluding hydrogens is 204 g/mol. The molecule has 2 atom stereocenters. The van der Waals surface area contributed by atoms with Gasteiger partial charge in [-0.05, 0) is 19.8 Å². The van der Waals surface area contributed by atoms with Gasteiger partial charge in [-0.2, -0.15) is 0 Å². The van der Waals surface area contributed by atoms with Crippen LogP contribution >= 0.6 is 0 Å². The van der Waals surface area contributed by atoms with Crippen LogP contribution in [0, 0.1) is 0 Å². The summed E-state index contributed by atoms with van der Waals surface area (Å²) in [5.74, 6) is 0. The van der Waals surface area contributed by atoms with Gasteiger partial charge in [-0.1, -0.05) is 33.1 Å². The van der Waals surface area contributed by atoms with Crippen molar-refractivity contribution in [2.75, 3.05) is 19.8 Å². The van der Waals surface area contributed by atoms with Crippen LogP contribution in [-0.2, 0) is 9.47 Å². The van der Waals surface area contributed by atoms with Crippen LogP contribution in [0.3, 0.4) is 0 Å². The third-order valence-corrected chi connectivity index (χ3v) is 2.43. The van der Waals surface area contributed by atoms with Crippen molar-refractivity contribution in [1.82, 2.24) is 0 Å². The molecule has 0 bridgehead atoms. The molecule has 3 nitrogen and oxygen atoms in total. The van der Waals surface area contributed by atoms with Gasteiger partial charge in [0.2, 0.25) is 0 Å². The van der Waals surface area contributed by atoms with E-state index in [0.717, 1.165) is 12.8 Å². The highest BCUT2D eigenvalue weighted by Crippen LogP contribution is 2.10. The van der Waals surface area contributed by atoms with Crippen molar-refractivity contribution >= 4 is 0 Å². The van der Waals surface area contributed by atoms with Gasteiger partial charge in [-0.15, -0.1) is 0 Å². The summed E-state index contributed by atoms with van der Waals surface area (Å²) in [7, 11) is 0. The van der Waals surface area contributed by atoms with Crippen LogP contribution in [0.5, 0.6) is 0 Å². The highest BCUT2D eigenvalue weighted by molar-refractivity contribution is 4.57. The molecule has 0 spiro atoms. The van der Waals surface area contributed by atoms with Crippen LogP contribution < -0.4 is 0 Å². The zero-order valence-electron chi connectivity index (χ0n) is 11.1. The first kappa shape index (κ1) is 15.9. The molecule has 0 aromatic heterocycles. The van der Waals surface area contributed by atoms with E-state index in [-0.39, 0.29) is 6.10 Å². The maximum Gasteiger partial charge on any atom is 0.0745 e. The minimum absolute atomic E-state index is 0.383. The number of aliphatic hydroxyl groups excluding tert-OH is 1. The van der Waals surface area contributed by atoms with Crippen molar-refractivity contribution in [2.24, 2.45) is 0 Å². The highest BCUT2D eigenvalue weighted by Gasteiger charge is 2.07. The van der Waals surface area contributed by atoms with Crippen LogP contribution in [0.4, 0.5) is 0 Å². The molecule has 98 valence electrons. The SMILES string of the molecule is CCCCC(CCC)OCCOCC(C)O. The van der Waals surface area contributed by atoms with Crippen molar-refractivity contribution in [2.45, 2.75) is 65.1 Å². The van der Waals surface area contributed by atoms with Gasteiger partial charge in [0.05, 0.1) is 32.0 Å². The quantitative estimate of drug-likeness (QED) is 0.557. The number of unbranched alkanes of at least 4 members (excludes halogenated alkanes) is 1. The predicted molar refractivity (Wildman–Crippen MR) is 66.7 cm³/mol. The summed E-state index contributed by atoms with van der Waals surface area (Å²) in [4.78, 5) is 0. The van der Waals surface area contributed by atoms with Crippen molar-refractivity contribution in [3.05, 3.63) is 0 Å². The van der Waals surface area contributed by atoms with Crippen LogP contribution in [0.25, 0.3) is 0 Å². The summed E-state index contributed by atoms with van der Waals surface area (Å²) in [5, 5.41) is 9.00. The van der Waals surface area contributed by atoms with Gasteiger partial charge >= 0.3 is 0 Å². The Morgan fingerprint density at radius 1 is 1.06 bits per heavy atom. The van der Waals surface area contributed by atoms with Gasteiger partial charge in [0.25, 0.3) is 0 Å². The molecule has 0 heterocycles. The molecule has 0 amide bonds. The minimum Gasteiger partial charge on any atom is -0.391 e. The Bertz CT molecular complexity index is 137. The summed E-state index contributed by atoms with van der Waals surface area (Å²) in [6.07, 6.45) is 5.92. The fourth-order valence-corrected chi connectivity index (χ4v) is 1.59. The first-order valence-corrected chi connectivity index (χ1v) is 6.58. The molecule has 0 aromatic rings. The number of hydrogen-bond acceptors (Lipinski definition) is 3. The van der Waals surface area contributed by atoms with Crippen molar-refractivity contribution in [1.29, 1.82) is 0 Å². The third kappa shape index (κ3) is 10.4. The van der Waals surface area contributed by atoms with Crippen LogP contribution in [0.15, 0.2) is 0 Å². The van der Waals surface area contributed by atoms with Gasteiger partial charge < -0.3 is 14.6 Å². The molecule has 0 saturated carbocycles. The highest BCUT2D eigenvalue weighted by atomic mass is 16.5. The second-order valence-electron chi connectivity index (χ2n) is 4.35. The Kier molecular flexibility index (Phi) is 11.3. The van der Waals surface area contributed by atoms with E-state index in [1.54, 1.807) is 6.92 Å². The van der Waals surface area contributed by atoms with E-state index in [0.29, 0.717) is 25.9 Å². The van der Waals surface area contributed by atoms with E-state index in [2.05, 4.69) is 13.8 Å². The second kappa shape index (κ2) is 11.4. The summed E-state index contributed by atoms with van der Waals surface area (Å²) in [6, 6.07) is 0. The first-order valence-electron chi connectivity index (χ1n) is 6.58. The lowest BCUT2D eigenvalue weighted by Crippen LogP contribution is -2.18. The largest absolute Gasteiger partial charge is 0.391 e. The van der Waals surface area contributed by atoms with Crippen LogP contribution in [0.1, 0.15) is 52.9 Å². The Morgan fingerprint density at radius 2 is 1.81 bits per heavy atom. The molecule has 0 saturated heterocycles. The lowest BCUT2D eigenvalue weighted by molar-refractivity contribution is -0.0208. The van der Waals surface area contributed by atoms with Crippen molar-refractivity contribution < 1.29 is 14.6 Å². The molecular formula is C13H28O3. The molecule has 0 aromatic carbocycles. The van der Waals surface area contributed by atoms with E-state index < -0.39 is 0 Å². The Hall–Kier alpha value is -0.120. The molecule has 0 rings (SSSR count). The molecule has 0 radical (unpaired) electrons. The number of aliphatic hydroxyl groups is 1. The Labute approximate surface area is 100 Å². The zero-order chi connectivity index (χ0) is 12.2. The molecule has 0 aliphatic heterocycles. The van der Waals surface area contributed by atoms with Gasteiger partial charge in [-0.3, -0.25) is 0 Å². The maximum atomic E-state index is 9.00. The molecule has 3 heteroatoms. The van der Waals surface area contributed by atoms with Gasteiger partial charge in [-0.25, -0.2) is 0 Å². The normalized spacial score (nSPS) is 15.0. The standard InChI is InChI=1S/C13H28O3/c1-4-6-8-13(7-5-2)16-10-9-15-11-12(3)14/h12-14H,4-11H2,1-3H3. The summed E-state index contributed by atoms with van der Waals surface area (Å²) in [5.41, 5.74) is 0. The summed E-state index contributed by atoms with van der Waals surface area (Å²) >= 11 is 0. The van der Waals surface area contributed by atoms with Gasteiger partial charge in [0, 0.05) is 0 Å². The predicted octanol–water partition coefficient (Wildman–Crippen LogP) is 2.76. The average Bonchev–Trinajstić information content (AvgIpc) is 2.24. The maximum absolute atomic E-state index is 9.00. The van der Waals surface area contributed by atoms with E-state index >= 15 is 0 Å². The smallest absolute Gasteiger partial charge is 0.0745 e. The Balaban J connectivity index is 3.43. The second-order valence-corrected chi connectivity index (χ2v) is 4.35. The first-order chi connectivity index (χ1) is 7.70. The molecule has 2 unspecified atom stereocenters. The van der Waals surface area contributed by atoms with E-state index in [4.69, 9.17) is 14.6 Å². The fraction of sp³-hybridized carbons (Fsp3) is 1.00. The average molecular weight is 232 g/mol. The number of ether oxygens (including phenoxy) is 2. The number of hydrogen-bond donors (Lipinski definition) is 1. The summed E-state index contributed by atoms with van der Waals surface area (Å²) < 4.78 is 11.0. The molecule has 0 fully saturated rings. The van der Waals surface area contributed by atoms with Crippen LogP contribution in [-0.4, -0.2) is 37.1 Å². The number of rotatable bonds is 11. The van der Waals surface area contributed by atoms with Crippen molar-refractivity contribution in [3.8, 4) is 0 Å².